The van der Waals surface area contributed by atoms with E-state index in [2.05, 4.69) is 15.3 Å². The van der Waals surface area contributed by atoms with Gasteiger partial charge in [-0.1, -0.05) is 12.1 Å². The molecule has 0 aliphatic rings. The number of benzene rings is 1. The molecule has 0 aliphatic carbocycles. The summed E-state index contributed by atoms with van der Waals surface area (Å²) < 4.78 is 5.64. The molecule has 0 radical (unpaired) electrons. The van der Waals surface area contributed by atoms with Gasteiger partial charge in [-0.05, 0) is 26.0 Å². The molecule has 5 nitrogen and oxygen atoms in total. The van der Waals surface area contributed by atoms with E-state index >= 15 is 0 Å². The highest BCUT2D eigenvalue weighted by molar-refractivity contribution is 6.04. The maximum absolute atomic E-state index is 12.0. The molecule has 1 amide bonds. The van der Waals surface area contributed by atoms with Crippen molar-refractivity contribution in [3.63, 3.8) is 0 Å². The van der Waals surface area contributed by atoms with Crippen LogP contribution in [0.3, 0.4) is 0 Å². The number of nitrogens with zero attached hydrogens (tertiary/aromatic N) is 2. The van der Waals surface area contributed by atoms with E-state index in [-0.39, 0.29) is 12.0 Å². The quantitative estimate of drug-likeness (QED) is 0.914. The summed E-state index contributed by atoms with van der Waals surface area (Å²) >= 11 is 0. The summed E-state index contributed by atoms with van der Waals surface area (Å²) in [4.78, 5) is 19.6. The van der Waals surface area contributed by atoms with Gasteiger partial charge >= 0.3 is 0 Å². The lowest BCUT2D eigenvalue weighted by atomic mass is 10.2. The topological polar surface area (TPSA) is 64.1 Å². The monoisotopic (exact) mass is 257 g/mol. The molecule has 0 spiro atoms. The number of para-hydroxylation sites is 2. The third-order valence-corrected chi connectivity index (χ3v) is 2.32. The van der Waals surface area contributed by atoms with Crippen LogP contribution >= 0.6 is 0 Å². The Kier molecular flexibility index (Phi) is 4.07. The highest BCUT2D eigenvalue weighted by atomic mass is 16.5. The van der Waals surface area contributed by atoms with E-state index in [0.717, 1.165) is 0 Å². The largest absolute Gasteiger partial charge is 0.489 e. The van der Waals surface area contributed by atoms with Crippen molar-refractivity contribution in [2.45, 2.75) is 20.0 Å². The minimum absolute atomic E-state index is 0.0399. The molecule has 2 rings (SSSR count). The van der Waals surface area contributed by atoms with Gasteiger partial charge in [0, 0.05) is 12.4 Å². The number of amides is 1. The maximum atomic E-state index is 12.0. The predicted octanol–water partition coefficient (Wildman–Crippen LogP) is 2.52. The van der Waals surface area contributed by atoms with Crippen molar-refractivity contribution in [2.75, 3.05) is 5.32 Å². The number of ether oxygens (including phenoxy) is 1. The molecule has 2 aromatic rings. The molecule has 5 heteroatoms. The van der Waals surface area contributed by atoms with Crippen LogP contribution in [0.15, 0.2) is 43.0 Å². The first-order chi connectivity index (χ1) is 9.16. The van der Waals surface area contributed by atoms with Crippen LogP contribution in [0, 0.1) is 0 Å². The minimum atomic E-state index is -0.264. The van der Waals surface area contributed by atoms with E-state index in [9.17, 15) is 4.79 Å². The van der Waals surface area contributed by atoms with Gasteiger partial charge in [0.25, 0.3) is 5.91 Å². The second kappa shape index (κ2) is 5.95. The number of nitrogens with one attached hydrogen (secondary N) is 1. The summed E-state index contributed by atoms with van der Waals surface area (Å²) in [5, 5.41) is 2.79. The fourth-order valence-corrected chi connectivity index (χ4v) is 1.54. The average Bonchev–Trinajstić information content (AvgIpc) is 2.41. The first-order valence-electron chi connectivity index (χ1n) is 5.99. The zero-order valence-electron chi connectivity index (χ0n) is 10.8. The molecule has 0 saturated carbocycles. The van der Waals surface area contributed by atoms with Gasteiger partial charge in [0.15, 0.2) is 0 Å². The molecule has 98 valence electrons. The Balaban J connectivity index is 2.17. The summed E-state index contributed by atoms with van der Waals surface area (Å²) in [6.45, 7) is 3.87. The van der Waals surface area contributed by atoms with E-state index < -0.39 is 0 Å². The Labute approximate surface area is 111 Å². The lowest BCUT2D eigenvalue weighted by molar-refractivity contribution is 0.102. The van der Waals surface area contributed by atoms with Crippen LogP contribution in [0.25, 0.3) is 0 Å². The van der Waals surface area contributed by atoms with Crippen molar-refractivity contribution in [2.24, 2.45) is 0 Å². The van der Waals surface area contributed by atoms with Crippen molar-refractivity contribution in [3.05, 3.63) is 48.5 Å². The van der Waals surface area contributed by atoms with Gasteiger partial charge in [-0.15, -0.1) is 0 Å². The highest BCUT2D eigenvalue weighted by Crippen LogP contribution is 2.25. The van der Waals surface area contributed by atoms with Gasteiger partial charge < -0.3 is 10.1 Å². The van der Waals surface area contributed by atoms with Crippen molar-refractivity contribution >= 4 is 11.6 Å². The molecule has 0 atom stereocenters. The molecule has 0 fully saturated rings. The zero-order valence-corrected chi connectivity index (χ0v) is 10.8. The van der Waals surface area contributed by atoms with E-state index in [1.165, 1.54) is 18.7 Å². The second-order valence-electron chi connectivity index (χ2n) is 4.24. The van der Waals surface area contributed by atoms with Crippen molar-refractivity contribution in [3.8, 4) is 5.75 Å². The van der Waals surface area contributed by atoms with Crippen LogP contribution < -0.4 is 10.1 Å². The Hall–Kier alpha value is -2.43. The van der Waals surface area contributed by atoms with Gasteiger partial charge in [-0.2, -0.15) is 0 Å². The first kappa shape index (κ1) is 13.0. The standard InChI is InChI=1S/C14H15N3O2/c1-10(2)19-13-6-4-3-5-12(13)17-14(18)11-7-15-9-16-8-11/h3-10H,1-2H3,(H,17,18). The zero-order chi connectivity index (χ0) is 13.7. The van der Waals surface area contributed by atoms with Gasteiger partial charge in [-0.3, -0.25) is 4.79 Å². The lowest BCUT2D eigenvalue weighted by Gasteiger charge is -2.14. The molecule has 1 aromatic heterocycles. The molecule has 0 saturated heterocycles. The molecule has 1 aromatic carbocycles. The number of anilines is 1. The molecule has 0 bridgehead atoms. The molecule has 19 heavy (non-hydrogen) atoms. The summed E-state index contributed by atoms with van der Waals surface area (Å²) in [6.07, 6.45) is 4.35. The Bertz CT molecular complexity index is 556. The van der Waals surface area contributed by atoms with Crippen molar-refractivity contribution < 1.29 is 9.53 Å². The lowest BCUT2D eigenvalue weighted by Crippen LogP contribution is -2.14. The number of hydrogen-bond acceptors (Lipinski definition) is 4. The summed E-state index contributed by atoms with van der Waals surface area (Å²) in [5.41, 5.74) is 1.03. The number of carbonyl (C=O) groups excluding carboxylic acids is 1. The Morgan fingerprint density at radius 3 is 2.58 bits per heavy atom. The second-order valence-corrected chi connectivity index (χ2v) is 4.24. The fraction of sp³-hybridized carbons (Fsp3) is 0.214. The van der Waals surface area contributed by atoms with E-state index in [1.807, 2.05) is 32.0 Å². The fourth-order valence-electron chi connectivity index (χ4n) is 1.54. The summed E-state index contributed by atoms with van der Waals surface area (Å²) in [7, 11) is 0. The van der Waals surface area contributed by atoms with Crippen LogP contribution in [0.1, 0.15) is 24.2 Å². The predicted molar refractivity (Wildman–Crippen MR) is 72.2 cm³/mol. The summed E-state index contributed by atoms with van der Waals surface area (Å²) in [6, 6.07) is 7.31. The van der Waals surface area contributed by atoms with Crippen LogP contribution in [-0.2, 0) is 0 Å². The average molecular weight is 257 g/mol. The molecule has 0 unspecified atom stereocenters. The van der Waals surface area contributed by atoms with Gasteiger partial charge in [-0.25, -0.2) is 9.97 Å². The smallest absolute Gasteiger partial charge is 0.258 e. The molecular formula is C14H15N3O2. The molecule has 1 N–H and O–H groups in total. The number of aromatic nitrogens is 2. The summed E-state index contributed by atoms with van der Waals surface area (Å²) in [5.74, 6) is 0.378. The number of hydrogen-bond donors (Lipinski definition) is 1. The Morgan fingerprint density at radius 2 is 1.89 bits per heavy atom. The Morgan fingerprint density at radius 1 is 1.21 bits per heavy atom. The van der Waals surface area contributed by atoms with Crippen molar-refractivity contribution in [1.82, 2.24) is 9.97 Å². The maximum Gasteiger partial charge on any atom is 0.258 e. The van der Waals surface area contributed by atoms with E-state index in [4.69, 9.17) is 4.74 Å². The van der Waals surface area contributed by atoms with Crippen LogP contribution in [-0.4, -0.2) is 22.0 Å². The van der Waals surface area contributed by atoms with Gasteiger partial charge in [0.05, 0.1) is 17.4 Å². The van der Waals surface area contributed by atoms with Crippen LogP contribution in [0.5, 0.6) is 5.75 Å². The number of rotatable bonds is 4. The first-order valence-corrected chi connectivity index (χ1v) is 5.99. The SMILES string of the molecule is CC(C)Oc1ccccc1NC(=O)c1cncnc1. The third kappa shape index (κ3) is 3.51. The van der Waals surface area contributed by atoms with Crippen LogP contribution in [0.2, 0.25) is 0 Å². The minimum Gasteiger partial charge on any atom is -0.489 e. The van der Waals surface area contributed by atoms with Gasteiger partial charge in [0.2, 0.25) is 0 Å². The molecule has 1 heterocycles. The highest BCUT2D eigenvalue weighted by Gasteiger charge is 2.10. The molecular weight excluding hydrogens is 242 g/mol. The molecule has 0 aliphatic heterocycles. The van der Waals surface area contributed by atoms with E-state index in [1.54, 1.807) is 6.07 Å². The third-order valence-electron chi connectivity index (χ3n) is 2.32. The van der Waals surface area contributed by atoms with Crippen LogP contribution in [0.4, 0.5) is 5.69 Å². The number of carbonyl (C=O) groups is 1. The van der Waals surface area contributed by atoms with Crippen molar-refractivity contribution in [1.29, 1.82) is 0 Å². The van der Waals surface area contributed by atoms with Gasteiger partial charge in [0.1, 0.15) is 12.1 Å². The van der Waals surface area contributed by atoms with E-state index in [0.29, 0.717) is 17.0 Å². The normalized spacial score (nSPS) is 10.3.